The molecule has 1 fully saturated rings. The summed E-state index contributed by atoms with van der Waals surface area (Å²) in [5, 5.41) is 0.169. The summed E-state index contributed by atoms with van der Waals surface area (Å²) < 4.78 is 43.8. The van der Waals surface area contributed by atoms with Gasteiger partial charge in [-0.25, -0.2) is 0 Å². The van der Waals surface area contributed by atoms with Gasteiger partial charge in [-0.2, -0.15) is 13.2 Å². The fourth-order valence-corrected chi connectivity index (χ4v) is 4.41. The van der Waals surface area contributed by atoms with Crippen LogP contribution in [0.1, 0.15) is 41.8 Å². The quantitative estimate of drug-likeness (QED) is 0.641. The van der Waals surface area contributed by atoms with Gasteiger partial charge in [0, 0.05) is 30.4 Å². The maximum absolute atomic E-state index is 14.2. The van der Waals surface area contributed by atoms with Gasteiger partial charge in [-0.1, -0.05) is 26.0 Å². The maximum atomic E-state index is 14.2. The number of rotatable bonds is 3. The number of nitrogens with two attached hydrogens (primary N) is 1. The van der Waals surface area contributed by atoms with E-state index >= 15 is 0 Å². The van der Waals surface area contributed by atoms with Crippen LogP contribution in [0.15, 0.2) is 47.4 Å². The lowest BCUT2D eigenvalue weighted by Crippen LogP contribution is -2.25. The summed E-state index contributed by atoms with van der Waals surface area (Å²) in [6.45, 7) is 7.19. The third-order valence-corrected chi connectivity index (χ3v) is 6.09. The molecule has 2 N–H and O–H groups in total. The SMILES string of the molecule is Cc1cccc2c1c(=O)c(C(N)=O)cn2-c1ccc(N2CCC(C)(C)C2)cc1C(F)(F)F. The lowest BCUT2D eigenvalue weighted by Gasteiger charge is -2.24. The van der Waals surface area contributed by atoms with E-state index < -0.39 is 23.1 Å². The standard InChI is InChI=1S/C24H24F3N3O2/c1-14-5-4-6-19-20(14)21(31)16(22(28)32)12-30(19)18-8-7-15(11-17(18)24(25,26)27)29-10-9-23(2,3)13-29/h4-8,11-12H,9-10,13H2,1-3H3,(H2,28,32). The van der Waals surface area contributed by atoms with E-state index in [0.29, 0.717) is 24.3 Å². The summed E-state index contributed by atoms with van der Waals surface area (Å²) >= 11 is 0. The van der Waals surface area contributed by atoms with Crippen LogP contribution in [0.25, 0.3) is 16.6 Å². The Labute approximate surface area is 183 Å². The summed E-state index contributed by atoms with van der Waals surface area (Å²) in [5.41, 5.74) is 4.76. The second kappa shape index (κ2) is 7.39. The second-order valence-corrected chi connectivity index (χ2v) is 9.11. The van der Waals surface area contributed by atoms with Gasteiger partial charge in [-0.15, -0.1) is 0 Å². The van der Waals surface area contributed by atoms with Crippen molar-refractivity contribution in [3.05, 3.63) is 69.5 Å². The minimum atomic E-state index is -4.65. The predicted octanol–water partition coefficient (Wildman–Crippen LogP) is 4.65. The van der Waals surface area contributed by atoms with Gasteiger partial charge in [0.25, 0.3) is 5.91 Å². The zero-order valence-corrected chi connectivity index (χ0v) is 18.1. The van der Waals surface area contributed by atoms with E-state index in [-0.39, 0.29) is 27.6 Å². The Hall–Kier alpha value is -3.29. The Morgan fingerprint density at radius 3 is 2.47 bits per heavy atom. The first-order chi connectivity index (χ1) is 14.9. The molecule has 1 amide bonds. The molecular weight excluding hydrogens is 419 g/mol. The first-order valence-electron chi connectivity index (χ1n) is 10.3. The van der Waals surface area contributed by atoms with Crippen LogP contribution in [0.5, 0.6) is 0 Å². The Morgan fingerprint density at radius 1 is 1.16 bits per heavy atom. The smallest absolute Gasteiger partial charge is 0.371 e. The fourth-order valence-electron chi connectivity index (χ4n) is 4.41. The number of anilines is 1. The van der Waals surface area contributed by atoms with Crippen LogP contribution in [0.4, 0.5) is 18.9 Å². The minimum Gasteiger partial charge on any atom is -0.371 e. The number of primary amides is 1. The van der Waals surface area contributed by atoms with Crippen molar-refractivity contribution in [3.8, 4) is 5.69 Å². The van der Waals surface area contributed by atoms with Crippen LogP contribution in [0.3, 0.4) is 0 Å². The van der Waals surface area contributed by atoms with Gasteiger partial charge in [-0.3, -0.25) is 9.59 Å². The van der Waals surface area contributed by atoms with E-state index in [2.05, 4.69) is 13.8 Å². The molecule has 2 heterocycles. The summed E-state index contributed by atoms with van der Waals surface area (Å²) in [4.78, 5) is 26.7. The summed E-state index contributed by atoms with van der Waals surface area (Å²) in [5.74, 6) is -0.988. The Bertz CT molecular complexity index is 1290. The molecule has 0 atom stereocenters. The summed E-state index contributed by atoms with van der Waals surface area (Å²) in [7, 11) is 0. The van der Waals surface area contributed by atoms with Crippen molar-refractivity contribution in [1.29, 1.82) is 0 Å². The third-order valence-electron chi connectivity index (χ3n) is 6.09. The zero-order valence-electron chi connectivity index (χ0n) is 18.1. The molecule has 0 aliphatic carbocycles. The van der Waals surface area contributed by atoms with Crippen LogP contribution in [-0.4, -0.2) is 23.6 Å². The maximum Gasteiger partial charge on any atom is 0.418 e. The van der Waals surface area contributed by atoms with Gasteiger partial charge in [0.1, 0.15) is 5.56 Å². The van der Waals surface area contributed by atoms with Crippen LogP contribution >= 0.6 is 0 Å². The largest absolute Gasteiger partial charge is 0.418 e. The number of pyridine rings is 1. The normalized spacial score (nSPS) is 16.0. The molecule has 0 radical (unpaired) electrons. The van der Waals surface area contributed by atoms with E-state index in [1.54, 1.807) is 31.2 Å². The zero-order chi connectivity index (χ0) is 23.4. The predicted molar refractivity (Wildman–Crippen MR) is 118 cm³/mol. The number of alkyl halides is 3. The number of aromatic nitrogens is 1. The highest BCUT2D eigenvalue weighted by molar-refractivity contribution is 5.97. The molecule has 4 rings (SSSR count). The van der Waals surface area contributed by atoms with Crippen molar-refractivity contribution in [2.45, 2.75) is 33.4 Å². The molecular formula is C24H24F3N3O2. The number of aryl methyl sites for hydroxylation is 1. The van der Waals surface area contributed by atoms with Crippen molar-refractivity contribution in [3.63, 3.8) is 0 Å². The average Bonchev–Trinajstić information content (AvgIpc) is 3.07. The summed E-state index contributed by atoms with van der Waals surface area (Å²) in [6, 6.07) is 9.06. The molecule has 3 aromatic rings. The molecule has 0 saturated carbocycles. The molecule has 1 aliphatic heterocycles. The van der Waals surface area contributed by atoms with Crippen LogP contribution in [-0.2, 0) is 6.18 Å². The Kier molecular flexibility index (Phi) is 5.07. The number of nitrogens with zero attached hydrogens (tertiary/aromatic N) is 2. The number of hydrogen-bond donors (Lipinski definition) is 1. The third kappa shape index (κ3) is 3.74. The molecule has 2 aromatic carbocycles. The van der Waals surface area contributed by atoms with E-state index in [1.165, 1.54) is 10.6 Å². The molecule has 1 saturated heterocycles. The van der Waals surface area contributed by atoms with Crippen molar-refractivity contribution in [1.82, 2.24) is 4.57 Å². The highest BCUT2D eigenvalue weighted by Crippen LogP contribution is 2.39. The van der Waals surface area contributed by atoms with Gasteiger partial charge < -0.3 is 15.2 Å². The summed E-state index contributed by atoms with van der Waals surface area (Å²) in [6.07, 6.45) is -2.65. The van der Waals surface area contributed by atoms with Crippen molar-refractivity contribution in [2.75, 3.05) is 18.0 Å². The van der Waals surface area contributed by atoms with Crippen molar-refractivity contribution >= 4 is 22.5 Å². The molecule has 0 spiro atoms. The van der Waals surface area contributed by atoms with Gasteiger partial charge in [0.05, 0.1) is 16.8 Å². The highest BCUT2D eigenvalue weighted by Gasteiger charge is 2.36. The van der Waals surface area contributed by atoms with Gasteiger partial charge in [0.15, 0.2) is 0 Å². The van der Waals surface area contributed by atoms with E-state index in [9.17, 15) is 22.8 Å². The van der Waals surface area contributed by atoms with Crippen molar-refractivity contribution in [2.24, 2.45) is 11.1 Å². The molecule has 1 aliphatic rings. The lowest BCUT2D eigenvalue weighted by molar-refractivity contribution is -0.137. The van der Waals surface area contributed by atoms with Gasteiger partial charge in [0.2, 0.25) is 5.43 Å². The minimum absolute atomic E-state index is 0.0277. The molecule has 0 unspecified atom stereocenters. The van der Waals surface area contributed by atoms with Crippen LogP contribution < -0.4 is 16.1 Å². The topological polar surface area (TPSA) is 68.3 Å². The number of benzene rings is 2. The Morgan fingerprint density at radius 2 is 1.88 bits per heavy atom. The van der Waals surface area contributed by atoms with Crippen LogP contribution in [0, 0.1) is 12.3 Å². The molecule has 8 heteroatoms. The number of amides is 1. The Balaban J connectivity index is 2.00. The number of hydrogen-bond acceptors (Lipinski definition) is 3. The fraction of sp³-hybridized carbons (Fsp3) is 0.333. The number of fused-ring (bicyclic) bond motifs is 1. The average molecular weight is 443 g/mol. The van der Waals surface area contributed by atoms with Crippen molar-refractivity contribution < 1.29 is 18.0 Å². The number of carbonyl (C=O) groups excluding carboxylic acids is 1. The number of carbonyl (C=O) groups is 1. The van der Waals surface area contributed by atoms with Gasteiger partial charge >= 0.3 is 6.18 Å². The van der Waals surface area contributed by atoms with E-state index in [1.807, 2.05) is 4.90 Å². The molecule has 1 aromatic heterocycles. The first-order valence-corrected chi connectivity index (χ1v) is 10.3. The van der Waals surface area contributed by atoms with E-state index in [4.69, 9.17) is 5.73 Å². The monoisotopic (exact) mass is 443 g/mol. The molecule has 168 valence electrons. The van der Waals surface area contributed by atoms with E-state index in [0.717, 1.165) is 18.7 Å². The van der Waals surface area contributed by atoms with Crippen LogP contribution in [0.2, 0.25) is 0 Å². The molecule has 32 heavy (non-hydrogen) atoms. The molecule has 5 nitrogen and oxygen atoms in total. The highest BCUT2D eigenvalue weighted by atomic mass is 19.4. The first kappa shape index (κ1) is 21.9. The van der Waals surface area contributed by atoms with Gasteiger partial charge in [-0.05, 0) is 48.6 Å². The number of halogens is 3. The molecule has 0 bridgehead atoms. The lowest BCUT2D eigenvalue weighted by atomic mass is 9.93. The second-order valence-electron chi connectivity index (χ2n) is 9.11.